The first kappa shape index (κ1) is 13.0. The van der Waals surface area contributed by atoms with Gasteiger partial charge in [0.1, 0.15) is 6.10 Å². The van der Waals surface area contributed by atoms with Crippen molar-refractivity contribution in [2.24, 2.45) is 5.92 Å². The number of rotatable bonds is 7. The molecule has 1 rings (SSSR count). The van der Waals surface area contributed by atoms with E-state index in [0.717, 1.165) is 25.3 Å². The first-order chi connectivity index (χ1) is 7.67. The molecule has 1 heterocycles. The van der Waals surface area contributed by atoms with Gasteiger partial charge in [0, 0.05) is 13.1 Å². The minimum Gasteiger partial charge on any atom is -0.486 e. The molecule has 1 N–H and O–H groups in total. The minimum absolute atomic E-state index is 0.198. The molecular weight excluding hydrogens is 202 g/mol. The second kappa shape index (κ2) is 6.53. The van der Waals surface area contributed by atoms with Crippen LogP contribution >= 0.6 is 0 Å². The van der Waals surface area contributed by atoms with Gasteiger partial charge in [0.05, 0.1) is 12.4 Å². The first-order valence-corrected chi connectivity index (χ1v) is 6.01. The topological polar surface area (TPSA) is 39.1 Å². The summed E-state index contributed by atoms with van der Waals surface area (Å²) in [7, 11) is 1.94. The Morgan fingerprint density at radius 1 is 1.50 bits per heavy atom. The van der Waals surface area contributed by atoms with Gasteiger partial charge >= 0.3 is 0 Å². The molecule has 0 aliphatic rings. The van der Waals surface area contributed by atoms with E-state index in [1.807, 2.05) is 17.9 Å². The molecule has 0 bridgehead atoms. The molecule has 92 valence electrons. The molecule has 16 heavy (non-hydrogen) atoms. The van der Waals surface area contributed by atoms with Gasteiger partial charge in [0.2, 0.25) is 0 Å². The summed E-state index contributed by atoms with van der Waals surface area (Å²) < 4.78 is 7.82. The van der Waals surface area contributed by atoms with Crippen molar-refractivity contribution in [1.82, 2.24) is 15.1 Å². The Bertz CT molecular complexity index is 296. The SMILES string of the molecule is CCCn1cc(OC(CNC)C(C)C)cn1. The van der Waals surface area contributed by atoms with Crippen LogP contribution in [-0.4, -0.2) is 29.5 Å². The summed E-state index contributed by atoms with van der Waals surface area (Å²) in [6.45, 7) is 8.27. The smallest absolute Gasteiger partial charge is 0.157 e. The second-order valence-electron chi connectivity index (χ2n) is 4.40. The number of ether oxygens (including phenoxy) is 1. The van der Waals surface area contributed by atoms with Crippen LogP contribution in [0, 0.1) is 5.92 Å². The van der Waals surface area contributed by atoms with E-state index in [4.69, 9.17) is 4.74 Å². The van der Waals surface area contributed by atoms with E-state index >= 15 is 0 Å². The highest BCUT2D eigenvalue weighted by Crippen LogP contribution is 2.14. The summed E-state index contributed by atoms with van der Waals surface area (Å²) >= 11 is 0. The van der Waals surface area contributed by atoms with Crippen molar-refractivity contribution in [2.75, 3.05) is 13.6 Å². The Hall–Kier alpha value is -1.03. The van der Waals surface area contributed by atoms with Crippen molar-refractivity contribution in [2.45, 2.75) is 39.8 Å². The Labute approximate surface area is 98.0 Å². The lowest BCUT2D eigenvalue weighted by Gasteiger charge is -2.21. The monoisotopic (exact) mass is 225 g/mol. The lowest BCUT2D eigenvalue weighted by molar-refractivity contribution is 0.151. The molecule has 1 aromatic heterocycles. The van der Waals surface area contributed by atoms with Gasteiger partial charge in [0.25, 0.3) is 0 Å². The standard InChI is InChI=1S/C12H23N3O/c1-5-6-15-9-11(7-14-15)16-12(8-13-4)10(2)3/h7,9-10,12-13H,5-6,8H2,1-4H3. The summed E-state index contributed by atoms with van der Waals surface area (Å²) in [5, 5.41) is 7.40. The Morgan fingerprint density at radius 3 is 2.81 bits per heavy atom. The van der Waals surface area contributed by atoms with Gasteiger partial charge in [-0.1, -0.05) is 20.8 Å². The predicted octanol–water partition coefficient (Wildman–Crippen LogP) is 1.92. The maximum absolute atomic E-state index is 5.90. The van der Waals surface area contributed by atoms with Crippen molar-refractivity contribution in [1.29, 1.82) is 0 Å². The molecule has 4 nitrogen and oxygen atoms in total. The molecule has 0 aromatic carbocycles. The van der Waals surface area contributed by atoms with E-state index in [2.05, 4.69) is 31.2 Å². The molecule has 1 unspecified atom stereocenters. The molecule has 0 spiro atoms. The van der Waals surface area contributed by atoms with E-state index in [1.165, 1.54) is 0 Å². The van der Waals surface area contributed by atoms with Gasteiger partial charge in [-0.2, -0.15) is 5.10 Å². The molecule has 0 aliphatic carbocycles. The number of nitrogens with one attached hydrogen (secondary N) is 1. The maximum Gasteiger partial charge on any atom is 0.157 e. The van der Waals surface area contributed by atoms with E-state index < -0.39 is 0 Å². The average molecular weight is 225 g/mol. The van der Waals surface area contributed by atoms with Crippen molar-refractivity contribution in [3.05, 3.63) is 12.4 Å². The molecule has 1 atom stereocenters. The molecule has 0 fully saturated rings. The zero-order valence-corrected chi connectivity index (χ0v) is 10.7. The largest absolute Gasteiger partial charge is 0.486 e. The normalized spacial score (nSPS) is 13.1. The Morgan fingerprint density at radius 2 is 2.25 bits per heavy atom. The van der Waals surface area contributed by atoms with Gasteiger partial charge in [-0.25, -0.2) is 0 Å². The molecule has 0 saturated heterocycles. The quantitative estimate of drug-likeness (QED) is 0.770. The average Bonchev–Trinajstić information content (AvgIpc) is 2.65. The highest BCUT2D eigenvalue weighted by atomic mass is 16.5. The van der Waals surface area contributed by atoms with Crippen molar-refractivity contribution >= 4 is 0 Å². The number of aryl methyl sites for hydroxylation is 1. The Kier molecular flexibility index (Phi) is 5.32. The van der Waals surface area contributed by atoms with Crippen LogP contribution in [0.1, 0.15) is 27.2 Å². The van der Waals surface area contributed by atoms with Crippen LogP contribution in [0.15, 0.2) is 12.4 Å². The van der Waals surface area contributed by atoms with E-state index in [0.29, 0.717) is 5.92 Å². The fourth-order valence-electron chi connectivity index (χ4n) is 1.55. The third kappa shape index (κ3) is 3.85. The second-order valence-corrected chi connectivity index (χ2v) is 4.40. The number of nitrogens with zero attached hydrogens (tertiary/aromatic N) is 2. The molecule has 0 aliphatic heterocycles. The first-order valence-electron chi connectivity index (χ1n) is 6.01. The molecule has 0 amide bonds. The maximum atomic E-state index is 5.90. The third-order valence-corrected chi connectivity index (χ3v) is 2.50. The van der Waals surface area contributed by atoms with Crippen LogP contribution in [0.2, 0.25) is 0 Å². The van der Waals surface area contributed by atoms with E-state index in [9.17, 15) is 0 Å². The molecule has 4 heteroatoms. The highest BCUT2D eigenvalue weighted by molar-refractivity contribution is 5.12. The van der Waals surface area contributed by atoms with Crippen LogP contribution < -0.4 is 10.1 Å². The zero-order valence-electron chi connectivity index (χ0n) is 10.7. The van der Waals surface area contributed by atoms with E-state index in [1.54, 1.807) is 6.20 Å². The third-order valence-electron chi connectivity index (χ3n) is 2.50. The van der Waals surface area contributed by atoms with E-state index in [-0.39, 0.29) is 6.10 Å². The fraction of sp³-hybridized carbons (Fsp3) is 0.750. The van der Waals surface area contributed by atoms with Crippen LogP contribution in [0.5, 0.6) is 5.75 Å². The predicted molar refractivity (Wildman–Crippen MR) is 65.7 cm³/mol. The summed E-state index contributed by atoms with van der Waals surface area (Å²) in [5.41, 5.74) is 0. The summed E-state index contributed by atoms with van der Waals surface area (Å²) in [6.07, 6.45) is 5.05. The van der Waals surface area contributed by atoms with Gasteiger partial charge in [-0.05, 0) is 19.4 Å². The zero-order chi connectivity index (χ0) is 12.0. The number of aromatic nitrogens is 2. The van der Waals surface area contributed by atoms with Crippen LogP contribution in [0.3, 0.4) is 0 Å². The number of hydrogen-bond acceptors (Lipinski definition) is 3. The molecule has 0 saturated carbocycles. The van der Waals surface area contributed by atoms with Gasteiger partial charge in [0.15, 0.2) is 5.75 Å². The molecule has 1 aromatic rings. The summed E-state index contributed by atoms with van der Waals surface area (Å²) in [5.74, 6) is 1.35. The van der Waals surface area contributed by atoms with Crippen LogP contribution in [0.25, 0.3) is 0 Å². The van der Waals surface area contributed by atoms with Crippen LogP contribution in [-0.2, 0) is 6.54 Å². The van der Waals surface area contributed by atoms with Crippen LogP contribution in [0.4, 0.5) is 0 Å². The molecular formula is C12H23N3O. The minimum atomic E-state index is 0.198. The van der Waals surface area contributed by atoms with Crippen molar-refractivity contribution in [3.8, 4) is 5.75 Å². The van der Waals surface area contributed by atoms with Gasteiger partial charge in [-0.3, -0.25) is 4.68 Å². The number of hydrogen-bond donors (Lipinski definition) is 1. The van der Waals surface area contributed by atoms with Crippen molar-refractivity contribution < 1.29 is 4.74 Å². The van der Waals surface area contributed by atoms with Gasteiger partial charge in [-0.15, -0.1) is 0 Å². The summed E-state index contributed by atoms with van der Waals surface area (Å²) in [6, 6.07) is 0. The summed E-state index contributed by atoms with van der Waals surface area (Å²) in [4.78, 5) is 0. The van der Waals surface area contributed by atoms with Crippen molar-refractivity contribution in [3.63, 3.8) is 0 Å². The Balaban J connectivity index is 2.55. The number of likely N-dealkylation sites (N-methyl/N-ethyl adjacent to an activating group) is 1. The fourth-order valence-corrected chi connectivity index (χ4v) is 1.55. The lowest BCUT2D eigenvalue weighted by atomic mass is 10.1. The lowest BCUT2D eigenvalue weighted by Crippen LogP contribution is -2.33. The molecule has 0 radical (unpaired) electrons. The highest BCUT2D eigenvalue weighted by Gasteiger charge is 2.14. The van der Waals surface area contributed by atoms with Gasteiger partial charge < -0.3 is 10.1 Å².